The van der Waals surface area contributed by atoms with Crippen LogP contribution in [-0.4, -0.2) is 0 Å². The Morgan fingerprint density at radius 2 is 0.731 bits per heavy atom. The molecule has 120 valence electrons. The lowest BCUT2D eigenvalue weighted by atomic mass is 10.1. The van der Waals surface area contributed by atoms with Crippen LogP contribution in [0.2, 0.25) is 0 Å². The molecule has 0 fully saturated rings. The number of fused-ring (bicyclic) bond motifs is 3. The summed E-state index contributed by atoms with van der Waals surface area (Å²) in [7, 11) is 0. The number of rotatable bonds is 0. The van der Waals surface area contributed by atoms with Crippen LogP contribution < -0.4 is 10.9 Å². The SMILES string of the molecule is O=c1c(=O)c2ccccc2c#cc2ccccc2c#cc2ccccc12. The zero-order valence-corrected chi connectivity index (χ0v) is 13.7. The summed E-state index contributed by atoms with van der Waals surface area (Å²) < 4.78 is 0. The lowest BCUT2D eigenvalue weighted by Crippen LogP contribution is -2.21. The van der Waals surface area contributed by atoms with Gasteiger partial charge < -0.3 is 0 Å². The molecule has 0 aliphatic rings. The summed E-state index contributed by atoms with van der Waals surface area (Å²) in [6.07, 6.45) is 0. The van der Waals surface area contributed by atoms with Crippen molar-refractivity contribution in [3.05, 3.63) is 118 Å². The van der Waals surface area contributed by atoms with E-state index in [2.05, 4.69) is 24.3 Å². The Morgan fingerprint density at radius 1 is 0.423 bits per heavy atom. The van der Waals surface area contributed by atoms with Crippen molar-refractivity contribution in [1.29, 1.82) is 0 Å². The van der Waals surface area contributed by atoms with Gasteiger partial charge in [-0.2, -0.15) is 0 Å². The molecule has 0 bridgehead atoms. The zero-order chi connectivity index (χ0) is 17.9. The van der Waals surface area contributed by atoms with E-state index in [9.17, 15) is 9.59 Å². The molecule has 0 saturated carbocycles. The second-order valence-electron chi connectivity index (χ2n) is 5.79. The highest BCUT2D eigenvalue weighted by Crippen LogP contribution is 2.09. The van der Waals surface area contributed by atoms with E-state index in [1.165, 1.54) is 0 Å². The number of benzene rings is 3. The Balaban J connectivity index is 2.35. The molecule has 0 N–H and O–H groups in total. The molecule has 0 radical (unpaired) electrons. The summed E-state index contributed by atoms with van der Waals surface area (Å²) in [4.78, 5) is 25.6. The molecule has 0 atom stereocenters. The van der Waals surface area contributed by atoms with Crippen LogP contribution in [0.25, 0.3) is 32.3 Å². The van der Waals surface area contributed by atoms with Crippen LogP contribution in [-0.2, 0) is 0 Å². The topological polar surface area (TPSA) is 34.1 Å². The quantitative estimate of drug-likeness (QED) is 0.453. The predicted molar refractivity (Wildman–Crippen MR) is 104 cm³/mol. The molecule has 0 heterocycles. The van der Waals surface area contributed by atoms with Crippen LogP contribution in [0.4, 0.5) is 0 Å². The van der Waals surface area contributed by atoms with Gasteiger partial charge in [0.25, 0.3) is 0 Å². The smallest absolute Gasteiger partial charge is 0.234 e. The minimum absolute atomic E-state index is 0.311. The van der Waals surface area contributed by atoms with E-state index >= 15 is 0 Å². The fraction of sp³-hybridized carbons (Fsp3) is 0. The average molecular weight is 332 g/mol. The van der Waals surface area contributed by atoms with Gasteiger partial charge in [-0.3, -0.25) is 9.59 Å². The summed E-state index contributed by atoms with van der Waals surface area (Å²) in [6.45, 7) is 0. The molecule has 4 aromatic rings. The minimum atomic E-state index is -0.571. The van der Waals surface area contributed by atoms with Crippen molar-refractivity contribution in [1.82, 2.24) is 0 Å². The van der Waals surface area contributed by atoms with Crippen molar-refractivity contribution < 1.29 is 0 Å². The van der Waals surface area contributed by atoms with Crippen LogP contribution in [0.15, 0.2) is 82.4 Å². The van der Waals surface area contributed by atoms with Crippen LogP contribution in [0.3, 0.4) is 0 Å². The fourth-order valence-corrected chi connectivity index (χ4v) is 2.80. The molecule has 0 aliphatic heterocycles. The first-order valence-electron chi connectivity index (χ1n) is 8.14. The maximum atomic E-state index is 12.8. The summed E-state index contributed by atoms with van der Waals surface area (Å²) in [5.74, 6) is 0. The zero-order valence-electron chi connectivity index (χ0n) is 13.7. The molecule has 4 aromatic carbocycles. The van der Waals surface area contributed by atoms with Crippen molar-refractivity contribution in [2.75, 3.05) is 0 Å². The van der Waals surface area contributed by atoms with E-state index in [4.69, 9.17) is 0 Å². The lowest BCUT2D eigenvalue weighted by molar-refractivity contribution is 1.60. The van der Waals surface area contributed by atoms with E-state index in [1.54, 1.807) is 48.5 Å². The van der Waals surface area contributed by atoms with Gasteiger partial charge in [-0.15, -0.1) is 0 Å². The van der Waals surface area contributed by atoms with Gasteiger partial charge in [0.2, 0.25) is 10.9 Å². The molecule has 2 nitrogen and oxygen atoms in total. The van der Waals surface area contributed by atoms with E-state index in [-0.39, 0.29) is 0 Å². The maximum absolute atomic E-state index is 12.8. The largest absolute Gasteiger partial charge is 0.285 e. The van der Waals surface area contributed by atoms with Crippen LogP contribution in [0, 0.1) is 24.3 Å². The Morgan fingerprint density at radius 3 is 1.15 bits per heavy atom. The molecular formula is C24H12O2. The second-order valence-corrected chi connectivity index (χ2v) is 5.79. The molecule has 2 heteroatoms. The van der Waals surface area contributed by atoms with Gasteiger partial charge in [0.15, 0.2) is 0 Å². The molecule has 0 aromatic heterocycles. The van der Waals surface area contributed by atoms with Gasteiger partial charge in [0, 0.05) is 32.3 Å². The van der Waals surface area contributed by atoms with E-state index in [1.807, 2.05) is 24.3 Å². The Labute approximate surface area is 150 Å². The van der Waals surface area contributed by atoms with Crippen LogP contribution in [0.1, 0.15) is 0 Å². The highest BCUT2D eigenvalue weighted by Gasteiger charge is 2.01. The molecule has 0 saturated heterocycles. The summed E-state index contributed by atoms with van der Waals surface area (Å²) in [6, 6.07) is 33.6. The van der Waals surface area contributed by atoms with Crippen LogP contribution >= 0.6 is 0 Å². The normalized spacial score (nSPS) is 10.0. The van der Waals surface area contributed by atoms with E-state index in [0.717, 1.165) is 10.8 Å². The van der Waals surface area contributed by atoms with Gasteiger partial charge in [0.1, 0.15) is 0 Å². The number of hydrogen-bond donors (Lipinski definition) is 0. The first-order valence-corrected chi connectivity index (χ1v) is 8.14. The third-order valence-electron chi connectivity index (χ3n) is 4.14. The third kappa shape index (κ3) is 2.81. The van der Waals surface area contributed by atoms with Crippen molar-refractivity contribution in [3.8, 4) is 0 Å². The molecule has 0 spiro atoms. The second kappa shape index (κ2) is 6.55. The van der Waals surface area contributed by atoms with Crippen molar-refractivity contribution in [3.63, 3.8) is 0 Å². The van der Waals surface area contributed by atoms with Gasteiger partial charge in [-0.05, 0) is 36.4 Å². The van der Waals surface area contributed by atoms with E-state index < -0.39 is 10.9 Å². The van der Waals surface area contributed by atoms with Gasteiger partial charge in [-0.1, -0.05) is 60.7 Å². The van der Waals surface area contributed by atoms with Crippen molar-refractivity contribution >= 4 is 32.3 Å². The summed E-state index contributed by atoms with van der Waals surface area (Å²) in [5, 5.41) is 3.26. The van der Waals surface area contributed by atoms with Gasteiger partial charge >= 0.3 is 0 Å². The lowest BCUT2D eigenvalue weighted by Gasteiger charge is -1.90. The standard InChI is InChI=1S/C24H12O2/c25-23-21-11-5-3-9-19(21)15-13-17-7-1-2-8-18(17)14-16-20-10-4-6-12-22(20)24(23)26/h1-12H. The molecule has 0 amide bonds. The van der Waals surface area contributed by atoms with Crippen molar-refractivity contribution in [2.45, 2.75) is 0 Å². The first-order chi connectivity index (χ1) is 12.7. The third-order valence-corrected chi connectivity index (χ3v) is 4.14. The molecule has 0 aliphatic carbocycles. The summed E-state index contributed by atoms with van der Waals surface area (Å²) >= 11 is 0. The fourth-order valence-electron chi connectivity index (χ4n) is 2.80. The van der Waals surface area contributed by atoms with Crippen molar-refractivity contribution in [2.24, 2.45) is 0 Å². The molecular weight excluding hydrogens is 320 g/mol. The Bertz CT molecular complexity index is 1220. The first kappa shape index (κ1) is 15.6. The van der Waals surface area contributed by atoms with Gasteiger partial charge in [-0.25, -0.2) is 0 Å². The highest BCUT2D eigenvalue weighted by molar-refractivity contribution is 5.85. The predicted octanol–water partition coefficient (Wildman–Crippen LogP) is 4.19. The Hall–Kier alpha value is -3.88. The molecule has 26 heavy (non-hydrogen) atoms. The summed E-state index contributed by atoms with van der Waals surface area (Å²) in [5.41, 5.74) is -1.14. The number of hydrogen-bond acceptors (Lipinski definition) is 2. The monoisotopic (exact) mass is 332 g/mol. The van der Waals surface area contributed by atoms with Gasteiger partial charge in [0.05, 0.1) is 0 Å². The maximum Gasteiger partial charge on any atom is 0.234 e. The van der Waals surface area contributed by atoms with E-state index in [0.29, 0.717) is 21.5 Å². The average Bonchev–Trinajstić information content (AvgIpc) is 2.70. The molecule has 4 rings (SSSR count). The Kier molecular flexibility index (Phi) is 3.94. The van der Waals surface area contributed by atoms with Crippen LogP contribution in [0.5, 0.6) is 0 Å². The minimum Gasteiger partial charge on any atom is -0.285 e. The molecule has 0 unspecified atom stereocenters. The highest BCUT2D eigenvalue weighted by atomic mass is 16.2.